The molecule has 0 saturated carbocycles. The molecule has 1 rings (SSSR count). The van der Waals surface area contributed by atoms with Crippen molar-refractivity contribution in [3.63, 3.8) is 0 Å². The molecule has 1 aromatic rings. The fourth-order valence-corrected chi connectivity index (χ4v) is 2.43. The van der Waals surface area contributed by atoms with Gasteiger partial charge in [0.1, 0.15) is 6.04 Å². The summed E-state index contributed by atoms with van der Waals surface area (Å²) in [6.07, 6.45) is 1.04. The van der Waals surface area contributed by atoms with Crippen LogP contribution in [0.25, 0.3) is 0 Å². The monoisotopic (exact) mass is 317 g/mol. The van der Waals surface area contributed by atoms with Crippen LogP contribution in [0.4, 0.5) is 0 Å². The number of halogens is 2. The summed E-state index contributed by atoms with van der Waals surface area (Å²) in [5, 5.41) is 10.1. The molecule has 0 fully saturated rings. The molecule has 0 aliphatic heterocycles. The largest absolute Gasteiger partial charge is 0.480 e. The van der Waals surface area contributed by atoms with Gasteiger partial charge in [0.2, 0.25) is 5.91 Å². The van der Waals surface area contributed by atoms with E-state index in [-0.39, 0.29) is 12.3 Å². The summed E-state index contributed by atoms with van der Waals surface area (Å²) in [5.41, 5.74) is 0.821. The molecule has 0 radical (unpaired) electrons. The molecule has 6 heteroatoms. The molecular weight excluding hydrogens is 301 g/mol. The van der Waals surface area contributed by atoms with E-state index in [9.17, 15) is 9.59 Å². The van der Waals surface area contributed by atoms with Crippen molar-refractivity contribution in [1.82, 2.24) is 4.90 Å². The van der Waals surface area contributed by atoms with Gasteiger partial charge in [0, 0.05) is 23.5 Å². The molecule has 0 heterocycles. The Labute approximate surface area is 128 Å². The number of carbonyl (C=O) groups excluding carboxylic acids is 1. The number of hydrogen-bond acceptors (Lipinski definition) is 2. The van der Waals surface area contributed by atoms with E-state index in [1.807, 2.05) is 0 Å². The minimum atomic E-state index is -0.993. The molecular formula is C14H17Cl2NO3. The Morgan fingerprint density at radius 2 is 2.00 bits per heavy atom. The van der Waals surface area contributed by atoms with E-state index >= 15 is 0 Å². The molecule has 1 N–H and O–H groups in total. The van der Waals surface area contributed by atoms with Gasteiger partial charge in [-0.1, -0.05) is 36.2 Å². The molecule has 0 saturated heterocycles. The van der Waals surface area contributed by atoms with Gasteiger partial charge in [-0.2, -0.15) is 0 Å². The number of aryl methyl sites for hydroxylation is 1. The molecule has 0 aliphatic rings. The Morgan fingerprint density at radius 1 is 1.35 bits per heavy atom. The standard InChI is InChI=1S/C14H17Cl2NO3/c1-3-12(14(19)20)17(2)13(18)7-5-9-4-6-10(15)8-11(9)16/h4,6,8,12H,3,5,7H2,1-2H3,(H,19,20). The number of carboxylic acid groups (broad SMARTS) is 1. The zero-order valence-corrected chi connectivity index (χ0v) is 12.9. The summed E-state index contributed by atoms with van der Waals surface area (Å²) in [7, 11) is 1.51. The Kier molecular flexibility index (Phi) is 6.30. The highest BCUT2D eigenvalue weighted by molar-refractivity contribution is 6.35. The van der Waals surface area contributed by atoms with Crippen LogP contribution in [0.3, 0.4) is 0 Å². The third-order valence-electron chi connectivity index (χ3n) is 3.16. The first kappa shape index (κ1) is 16.8. The number of hydrogen-bond donors (Lipinski definition) is 1. The summed E-state index contributed by atoms with van der Waals surface area (Å²) in [6.45, 7) is 1.73. The summed E-state index contributed by atoms with van der Waals surface area (Å²) >= 11 is 11.8. The topological polar surface area (TPSA) is 57.6 Å². The normalized spacial score (nSPS) is 12.0. The van der Waals surface area contributed by atoms with Gasteiger partial charge in [-0.15, -0.1) is 0 Å². The third kappa shape index (κ3) is 4.39. The minimum absolute atomic E-state index is 0.210. The second-order valence-corrected chi connectivity index (χ2v) is 5.35. The first-order chi connectivity index (χ1) is 9.36. The summed E-state index contributed by atoms with van der Waals surface area (Å²) < 4.78 is 0. The number of carboxylic acids is 1. The van der Waals surface area contributed by atoms with Gasteiger partial charge in [0.05, 0.1) is 0 Å². The lowest BCUT2D eigenvalue weighted by atomic mass is 10.1. The molecule has 1 unspecified atom stereocenters. The van der Waals surface area contributed by atoms with E-state index in [1.54, 1.807) is 25.1 Å². The predicted octanol–water partition coefficient (Wildman–Crippen LogP) is 3.25. The lowest BCUT2D eigenvalue weighted by molar-refractivity contribution is -0.149. The van der Waals surface area contributed by atoms with E-state index in [0.29, 0.717) is 22.9 Å². The van der Waals surface area contributed by atoms with Gasteiger partial charge in [-0.25, -0.2) is 4.79 Å². The van der Waals surface area contributed by atoms with Gasteiger partial charge < -0.3 is 10.0 Å². The van der Waals surface area contributed by atoms with Crippen molar-refractivity contribution >= 4 is 35.1 Å². The van der Waals surface area contributed by atoms with E-state index in [2.05, 4.69) is 0 Å². The average molecular weight is 318 g/mol. The summed E-state index contributed by atoms with van der Waals surface area (Å²) in [5.74, 6) is -1.21. The van der Waals surface area contributed by atoms with Gasteiger partial charge in [-0.05, 0) is 30.5 Å². The number of amides is 1. The second-order valence-electron chi connectivity index (χ2n) is 4.50. The highest BCUT2D eigenvalue weighted by Crippen LogP contribution is 2.22. The van der Waals surface area contributed by atoms with Crippen molar-refractivity contribution in [3.05, 3.63) is 33.8 Å². The van der Waals surface area contributed by atoms with E-state index < -0.39 is 12.0 Å². The Bertz CT molecular complexity index is 505. The number of aliphatic carboxylic acids is 1. The molecule has 110 valence electrons. The average Bonchev–Trinajstić information content (AvgIpc) is 2.37. The quantitative estimate of drug-likeness (QED) is 0.876. The van der Waals surface area contributed by atoms with Crippen LogP contribution in [0.2, 0.25) is 10.0 Å². The Balaban J connectivity index is 2.65. The number of benzene rings is 1. The molecule has 4 nitrogen and oxygen atoms in total. The van der Waals surface area contributed by atoms with Crippen LogP contribution in [0.15, 0.2) is 18.2 Å². The zero-order chi connectivity index (χ0) is 15.3. The fraction of sp³-hybridized carbons (Fsp3) is 0.429. The van der Waals surface area contributed by atoms with Crippen molar-refractivity contribution in [2.45, 2.75) is 32.2 Å². The number of likely N-dealkylation sites (N-methyl/N-ethyl adjacent to an activating group) is 1. The molecule has 0 aliphatic carbocycles. The fourth-order valence-electron chi connectivity index (χ4n) is 1.93. The van der Waals surface area contributed by atoms with Crippen LogP contribution in [-0.2, 0) is 16.0 Å². The van der Waals surface area contributed by atoms with Crippen LogP contribution < -0.4 is 0 Å². The summed E-state index contributed by atoms with van der Waals surface area (Å²) in [4.78, 5) is 24.3. The zero-order valence-electron chi connectivity index (χ0n) is 11.4. The van der Waals surface area contributed by atoms with E-state index in [4.69, 9.17) is 28.3 Å². The van der Waals surface area contributed by atoms with Crippen LogP contribution >= 0.6 is 23.2 Å². The highest BCUT2D eigenvalue weighted by Gasteiger charge is 2.24. The van der Waals surface area contributed by atoms with Crippen molar-refractivity contribution in [2.24, 2.45) is 0 Å². The van der Waals surface area contributed by atoms with Crippen LogP contribution in [0.1, 0.15) is 25.3 Å². The van der Waals surface area contributed by atoms with Crippen molar-refractivity contribution < 1.29 is 14.7 Å². The maximum absolute atomic E-state index is 12.0. The lowest BCUT2D eigenvalue weighted by Crippen LogP contribution is -2.42. The number of carbonyl (C=O) groups is 2. The lowest BCUT2D eigenvalue weighted by Gasteiger charge is -2.23. The van der Waals surface area contributed by atoms with Gasteiger partial charge >= 0.3 is 5.97 Å². The van der Waals surface area contributed by atoms with Crippen molar-refractivity contribution in [3.8, 4) is 0 Å². The molecule has 0 aromatic heterocycles. The van der Waals surface area contributed by atoms with Crippen LogP contribution in [0, 0.1) is 0 Å². The molecule has 1 amide bonds. The molecule has 0 spiro atoms. The van der Waals surface area contributed by atoms with Gasteiger partial charge in [0.15, 0.2) is 0 Å². The first-order valence-electron chi connectivity index (χ1n) is 6.29. The van der Waals surface area contributed by atoms with E-state index in [0.717, 1.165) is 5.56 Å². The molecule has 1 aromatic carbocycles. The second kappa shape index (κ2) is 7.50. The smallest absolute Gasteiger partial charge is 0.326 e. The predicted molar refractivity (Wildman–Crippen MR) is 79.3 cm³/mol. The van der Waals surface area contributed by atoms with Gasteiger partial charge in [0.25, 0.3) is 0 Å². The first-order valence-corrected chi connectivity index (χ1v) is 7.04. The van der Waals surface area contributed by atoms with Crippen LogP contribution in [-0.4, -0.2) is 35.0 Å². The molecule has 0 bridgehead atoms. The third-order valence-corrected chi connectivity index (χ3v) is 3.74. The molecule has 20 heavy (non-hydrogen) atoms. The number of nitrogens with zero attached hydrogens (tertiary/aromatic N) is 1. The van der Waals surface area contributed by atoms with Crippen LogP contribution in [0.5, 0.6) is 0 Å². The van der Waals surface area contributed by atoms with Gasteiger partial charge in [-0.3, -0.25) is 4.79 Å². The van der Waals surface area contributed by atoms with Crippen molar-refractivity contribution in [2.75, 3.05) is 7.05 Å². The Morgan fingerprint density at radius 3 is 2.50 bits per heavy atom. The number of rotatable bonds is 6. The highest BCUT2D eigenvalue weighted by atomic mass is 35.5. The Hall–Kier alpha value is -1.26. The summed E-state index contributed by atoms with van der Waals surface area (Å²) in [6, 6.07) is 4.32. The SMILES string of the molecule is CCC(C(=O)O)N(C)C(=O)CCc1ccc(Cl)cc1Cl. The van der Waals surface area contributed by atoms with E-state index in [1.165, 1.54) is 11.9 Å². The molecule has 1 atom stereocenters. The maximum Gasteiger partial charge on any atom is 0.326 e. The van der Waals surface area contributed by atoms with Crippen molar-refractivity contribution in [1.29, 1.82) is 0 Å². The minimum Gasteiger partial charge on any atom is -0.480 e. The maximum atomic E-state index is 12.0.